The highest BCUT2D eigenvalue weighted by Crippen LogP contribution is 2.23. The van der Waals surface area contributed by atoms with Crippen LogP contribution in [0.25, 0.3) is 0 Å². The third-order valence-electron chi connectivity index (χ3n) is 5.45. The van der Waals surface area contributed by atoms with Gasteiger partial charge in [0.15, 0.2) is 0 Å². The average Bonchev–Trinajstić information content (AvgIpc) is 2.82. The Hall–Kier alpha value is -2.28. The van der Waals surface area contributed by atoms with Crippen LogP contribution in [-0.2, 0) is 28.3 Å². The van der Waals surface area contributed by atoms with Crippen molar-refractivity contribution in [3.63, 3.8) is 0 Å². The zero-order valence-electron chi connectivity index (χ0n) is 20.8. The predicted octanol–water partition coefficient (Wildman–Crippen LogP) is 6.89. The van der Waals surface area contributed by atoms with E-state index in [1.54, 1.807) is 4.90 Å². The summed E-state index contributed by atoms with van der Waals surface area (Å²) in [5.74, 6) is 0.615. The Balaban J connectivity index is 1.88. The van der Waals surface area contributed by atoms with Gasteiger partial charge in [-0.1, -0.05) is 88.2 Å². The third-order valence-corrected chi connectivity index (χ3v) is 7.28. The van der Waals surface area contributed by atoms with Crippen LogP contribution in [0.1, 0.15) is 37.5 Å². The van der Waals surface area contributed by atoms with Crippen molar-refractivity contribution in [2.45, 2.75) is 51.1 Å². The second-order valence-electron chi connectivity index (χ2n) is 9.68. The molecule has 0 bridgehead atoms. The van der Waals surface area contributed by atoms with E-state index in [4.69, 9.17) is 11.6 Å². The summed E-state index contributed by atoms with van der Waals surface area (Å²) in [6.45, 7) is 6.18. The highest BCUT2D eigenvalue weighted by atomic mass is 79.9. The Morgan fingerprint density at radius 3 is 2.31 bits per heavy atom. The van der Waals surface area contributed by atoms with Crippen molar-refractivity contribution in [3.05, 3.63) is 105 Å². The molecule has 0 unspecified atom stereocenters. The van der Waals surface area contributed by atoms with E-state index >= 15 is 0 Å². The Bertz CT molecular complexity index is 1170. The first-order chi connectivity index (χ1) is 17.1. The smallest absolute Gasteiger partial charge is 0.243 e. The molecule has 0 aliphatic heterocycles. The van der Waals surface area contributed by atoms with Crippen molar-refractivity contribution >= 4 is 51.1 Å². The summed E-state index contributed by atoms with van der Waals surface area (Å²) in [7, 11) is 0. The summed E-state index contributed by atoms with van der Waals surface area (Å²) in [4.78, 5) is 29.0. The first kappa shape index (κ1) is 28.3. The van der Waals surface area contributed by atoms with E-state index in [1.165, 1.54) is 11.8 Å². The van der Waals surface area contributed by atoms with Crippen LogP contribution in [0.2, 0.25) is 5.02 Å². The molecule has 0 saturated heterocycles. The molecule has 3 aromatic carbocycles. The van der Waals surface area contributed by atoms with Crippen molar-refractivity contribution in [1.29, 1.82) is 0 Å². The van der Waals surface area contributed by atoms with Crippen LogP contribution >= 0.6 is 39.3 Å². The summed E-state index contributed by atoms with van der Waals surface area (Å²) < 4.78 is 0.930. The second-order valence-corrected chi connectivity index (χ2v) is 12.0. The number of halogens is 2. The Morgan fingerprint density at radius 1 is 0.972 bits per heavy atom. The Labute approximate surface area is 231 Å². The fraction of sp³-hybridized carbons (Fsp3) is 0.310. The van der Waals surface area contributed by atoms with Gasteiger partial charge < -0.3 is 10.2 Å². The molecule has 1 atom stereocenters. The molecule has 0 aliphatic rings. The summed E-state index contributed by atoms with van der Waals surface area (Å²) in [6.07, 6.45) is 0.428. The number of rotatable bonds is 10. The summed E-state index contributed by atoms with van der Waals surface area (Å²) in [5, 5.41) is 3.78. The third kappa shape index (κ3) is 8.99. The standard InChI is InChI=1S/C29H32BrClN2O2S/c1-29(2,3)32-28(35)26(17-21-10-5-4-6-11-21)33(18-22-12-9-14-24(30)16-22)27(34)20-36-19-23-13-7-8-15-25(23)31/h4-16,26H,17-20H2,1-3H3,(H,32,35)/t26-/m0/s1. The van der Waals surface area contributed by atoms with E-state index in [0.717, 1.165) is 21.2 Å². The molecule has 0 aliphatic carbocycles. The van der Waals surface area contributed by atoms with Crippen LogP contribution in [0.5, 0.6) is 0 Å². The van der Waals surface area contributed by atoms with Crippen molar-refractivity contribution in [1.82, 2.24) is 10.2 Å². The van der Waals surface area contributed by atoms with Crippen molar-refractivity contribution in [2.75, 3.05) is 5.75 Å². The lowest BCUT2D eigenvalue weighted by atomic mass is 10.0. The molecule has 2 amide bonds. The molecular formula is C29H32BrClN2O2S. The molecule has 3 aromatic rings. The molecule has 3 rings (SSSR count). The summed E-state index contributed by atoms with van der Waals surface area (Å²) >= 11 is 11.3. The number of hydrogen-bond acceptors (Lipinski definition) is 3. The van der Waals surface area contributed by atoms with E-state index in [-0.39, 0.29) is 17.6 Å². The Morgan fingerprint density at radius 2 is 1.64 bits per heavy atom. The number of thioether (sulfide) groups is 1. The number of nitrogens with zero attached hydrogens (tertiary/aromatic N) is 1. The lowest BCUT2D eigenvalue weighted by Crippen LogP contribution is -2.54. The molecule has 0 fully saturated rings. The monoisotopic (exact) mass is 586 g/mol. The van der Waals surface area contributed by atoms with Gasteiger partial charge in [0.05, 0.1) is 5.75 Å². The van der Waals surface area contributed by atoms with Crippen LogP contribution in [0.3, 0.4) is 0 Å². The zero-order valence-corrected chi connectivity index (χ0v) is 24.0. The predicted molar refractivity (Wildman–Crippen MR) is 154 cm³/mol. The number of hydrogen-bond donors (Lipinski definition) is 1. The molecule has 190 valence electrons. The summed E-state index contributed by atoms with van der Waals surface area (Å²) in [5.41, 5.74) is 2.52. The summed E-state index contributed by atoms with van der Waals surface area (Å²) in [6, 6.07) is 24.7. The van der Waals surface area contributed by atoms with Gasteiger partial charge in [0, 0.05) is 33.8 Å². The van der Waals surface area contributed by atoms with Crippen molar-refractivity contribution in [2.24, 2.45) is 0 Å². The van der Waals surface area contributed by atoms with E-state index in [2.05, 4.69) is 21.2 Å². The van der Waals surface area contributed by atoms with Gasteiger partial charge in [-0.3, -0.25) is 9.59 Å². The van der Waals surface area contributed by atoms with Gasteiger partial charge in [0.25, 0.3) is 0 Å². The van der Waals surface area contributed by atoms with Gasteiger partial charge in [-0.25, -0.2) is 0 Å². The van der Waals surface area contributed by atoms with E-state index in [9.17, 15) is 9.59 Å². The zero-order chi connectivity index (χ0) is 26.1. The number of amides is 2. The van der Waals surface area contributed by atoms with Gasteiger partial charge in [-0.2, -0.15) is 0 Å². The van der Waals surface area contributed by atoms with Gasteiger partial charge in [0.2, 0.25) is 11.8 Å². The van der Waals surface area contributed by atoms with Gasteiger partial charge in [-0.15, -0.1) is 11.8 Å². The van der Waals surface area contributed by atoms with E-state index in [0.29, 0.717) is 23.7 Å². The highest BCUT2D eigenvalue weighted by molar-refractivity contribution is 9.10. The largest absolute Gasteiger partial charge is 0.350 e. The second kappa shape index (κ2) is 13.3. The molecule has 4 nitrogen and oxygen atoms in total. The van der Waals surface area contributed by atoms with Crippen LogP contribution in [-0.4, -0.2) is 34.0 Å². The first-order valence-corrected chi connectivity index (χ1v) is 14.2. The lowest BCUT2D eigenvalue weighted by molar-refractivity contribution is -0.140. The van der Waals surface area contributed by atoms with Crippen LogP contribution in [0.4, 0.5) is 0 Å². The molecule has 0 aromatic heterocycles. The van der Waals surface area contributed by atoms with E-state index < -0.39 is 11.6 Å². The van der Waals surface area contributed by atoms with Crippen LogP contribution < -0.4 is 5.32 Å². The molecule has 7 heteroatoms. The topological polar surface area (TPSA) is 49.4 Å². The number of carbonyl (C=O) groups is 2. The SMILES string of the molecule is CC(C)(C)NC(=O)[C@H](Cc1ccccc1)N(Cc1cccc(Br)c1)C(=O)CSCc1ccccc1Cl. The minimum absolute atomic E-state index is 0.0861. The highest BCUT2D eigenvalue weighted by Gasteiger charge is 2.32. The number of nitrogens with one attached hydrogen (secondary N) is 1. The maximum Gasteiger partial charge on any atom is 0.243 e. The minimum atomic E-state index is -0.654. The van der Waals surface area contributed by atoms with Gasteiger partial charge in [-0.05, 0) is 55.7 Å². The molecule has 36 heavy (non-hydrogen) atoms. The van der Waals surface area contributed by atoms with Crippen molar-refractivity contribution < 1.29 is 9.59 Å². The normalized spacial score (nSPS) is 12.1. The number of carbonyl (C=O) groups excluding carboxylic acids is 2. The van der Waals surface area contributed by atoms with E-state index in [1.807, 2.05) is 99.6 Å². The number of benzene rings is 3. The molecular weight excluding hydrogens is 556 g/mol. The quantitative estimate of drug-likeness (QED) is 0.281. The Kier molecular flexibility index (Phi) is 10.5. The molecule has 0 heterocycles. The minimum Gasteiger partial charge on any atom is -0.350 e. The maximum atomic E-state index is 13.7. The van der Waals surface area contributed by atoms with Gasteiger partial charge >= 0.3 is 0 Å². The van der Waals surface area contributed by atoms with Crippen LogP contribution in [0, 0.1) is 0 Å². The van der Waals surface area contributed by atoms with Crippen LogP contribution in [0.15, 0.2) is 83.3 Å². The maximum absolute atomic E-state index is 13.7. The molecule has 0 radical (unpaired) electrons. The van der Waals surface area contributed by atoms with Gasteiger partial charge in [0.1, 0.15) is 6.04 Å². The fourth-order valence-electron chi connectivity index (χ4n) is 3.79. The fourth-order valence-corrected chi connectivity index (χ4v) is 5.43. The molecule has 0 spiro atoms. The molecule has 1 N–H and O–H groups in total. The average molecular weight is 588 g/mol. The first-order valence-electron chi connectivity index (χ1n) is 11.8. The molecule has 0 saturated carbocycles. The van der Waals surface area contributed by atoms with Crippen molar-refractivity contribution in [3.8, 4) is 0 Å². The lowest BCUT2D eigenvalue weighted by Gasteiger charge is -2.34.